The van der Waals surface area contributed by atoms with Crippen molar-refractivity contribution in [2.45, 2.75) is 20.8 Å². The number of aliphatic hydroxyl groups is 4. The topological polar surface area (TPSA) is 134 Å². The number of carbonyl (C=O) groups excluding carboxylic acids is 2. The Kier molecular flexibility index (Phi) is 14.1. The van der Waals surface area contributed by atoms with Crippen molar-refractivity contribution in [1.29, 1.82) is 0 Å². The average Bonchev–Trinajstić information content (AvgIpc) is 2.64. The lowest BCUT2D eigenvalue weighted by molar-refractivity contribution is -0.149. The first-order valence-electron chi connectivity index (χ1n) is 7.72. The van der Waals surface area contributed by atoms with E-state index in [4.69, 9.17) is 36.4 Å². The molecule has 0 aliphatic rings. The quantitative estimate of drug-likeness (QED) is 0.307. The molecule has 0 heterocycles. The minimum absolute atomic E-state index is 0.0763. The van der Waals surface area contributed by atoms with Gasteiger partial charge in [0.1, 0.15) is 13.2 Å². The highest BCUT2D eigenvalue weighted by Gasteiger charge is 2.27. The van der Waals surface area contributed by atoms with Crippen molar-refractivity contribution in [2.24, 2.45) is 10.8 Å². The molecule has 1 unspecified atom stereocenters. The molecule has 4 N–H and O–H groups in total. The van der Waals surface area contributed by atoms with Crippen LogP contribution < -0.4 is 0 Å². The second kappa shape index (κ2) is 13.7. The molecule has 26 heavy (non-hydrogen) atoms. The van der Waals surface area contributed by atoms with E-state index in [1.807, 2.05) is 0 Å². The normalized spacial score (nSPS) is 13.4. The van der Waals surface area contributed by atoms with Gasteiger partial charge in [0.2, 0.25) is 0 Å². The number of esters is 2. The second-order valence-corrected chi connectivity index (χ2v) is 6.76. The molecule has 0 amide bonds. The standard InChI is InChI=1S/C12H17ClO5.C5H12O3/c1-9(2)11(16)18-8-12(3,6-14)7-17-10(15)4-5-13;1-5(2-6,3-7)4-8/h4-5,14H,1,6-8H2,2-3H3;6-8H,2-4H2,1H3. The molecule has 8 nitrogen and oxygen atoms in total. The maximum atomic E-state index is 11.2. The Morgan fingerprint density at radius 1 is 0.962 bits per heavy atom. The van der Waals surface area contributed by atoms with E-state index in [0.717, 1.165) is 11.6 Å². The van der Waals surface area contributed by atoms with E-state index >= 15 is 0 Å². The summed E-state index contributed by atoms with van der Waals surface area (Å²) in [7, 11) is 0. The van der Waals surface area contributed by atoms with Gasteiger partial charge in [-0.15, -0.1) is 0 Å². The fourth-order valence-electron chi connectivity index (χ4n) is 0.991. The molecule has 0 aromatic heterocycles. The zero-order valence-electron chi connectivity index (χ0n) is 15.4. The third-order valence-electron chi connectivity index (χ3n) is 3.19. The number of hydrogen-bond acceptors (Lipinski definition) is 8. The number of carbonyl (C=O) groups is 2. The summed E-state index contributed by atoms with van der Waals surface area (Å²) in [5, 5.41) is 34.6. The Bertz CT molecular complexity index is 465. The van der Waals surface area contributed by atoms with E-state index in [1.54, 1.807) is 13.8 Å². The summed E-state index contributed by atoms with van der Waals surface area (Å²) in [5.41, 5.74) is -0.280. The van der Waals surface area contributed by atoms with Crippen LogP contribution in [-0.2, 0) is 19.1 Å². The molecule has 152 valence electrons. The summed E-state index contributed by atoms with van der Waals surface area (Å²) in [6, 6.07) is 0. The highest BCUT2D eigenvalue weighted by atomic mass is 35.5. The van der Waals surface area contributed by atoms with E-state index in [1.165, 1.54) is 6.92 Å². The van der Waals surface area contributed by atoms with Crippen LogP contribution in [-0.4, -0.2) is 72.0 Å². The van der Waals surface area contributed by atoms with Crippen LogP contribution in [0.15, 0.2) is 23.8 Å². The lowest BCUT2D eigenvalue weighted by Crippen LogP contribution is -2.34. The molecule has 0 radical (unpaired) electrons. The van der Waals surface area contributed by atoms with Crippen LogP contribution in [0.3, 0.4) is 0 Å². The van der Waals surface area contributed by atoms with Gasteiger partial charge in [-0.2, -0.15) is 0 Å². The van der Waals surface area contributed by atoms with Crippen LogP contribution in [0.2, 0.25) is 0 Å². The molecule has 9 heteroatoms. The van der Waals surface area contributed by atoms with Crippen LogP contribution in [0.25, 0.3) is 0 Å². The zero-order valence-corrected chi connectivity index (χ0v) is 16.2. The Labute approximate surface area is 158 Å². The lowest BCUT2D eigenvalue weighted by atomic mass is 9.94. The van der Waals surface area contributed by atoms with Gasteiger partial charge in [-0.1, -0.05) is 32.0 Å². The van der Waals surface area contributed by atoms with Crippen molar-refractivity contribution in [3.8, 4) is 0 Å². The monoisotopic (exact) mass is 396 g/mol. The van der Waals surface area contributed by atoms with Crippen molar-refractivity contribution in [2.75, 3.05) is 39.6 Å². The van der Waals surface area contributed by atoms with Crippen LogP contribution in [0.1, 0.15) is 20.8 Å². The molecule has 0 fully saturated rings. The highest BCUT2D eigenvalue weighted by Crippen LogP contribution is 2.17. The van der Waals surface area contributed by atoms with E-state index < -0.39 is 22.8 Å². The Hall–Kier alpha value is -1.45. The first-order chi connectivity index (χ1) is 12.0. The molecule has 0 saturated heterocycles. The van der Waals surface area contributed by atoms with Gasteiger partial charge >= 0.3 is 11.9 Å². The van der Waals surface area contributed by atoms with Crippen molar-refractivity contribution < 1.29 is 39.5 Å². The molecule has 0 spiro atoms. The third kappa shape index (κ3) is 12.0. The van der Waals surface area contributed by atoms with Gasteiger partial charge in [0, 0.05) is 22.6 Å². The summed E-state index contributed by atoms with van der Waals surface area (Å²) in [6.07, 6.45) is 1.04. The maximum Gasteiger partial charge on any atom is 0.333 e. The minimum atomic E-state index is -0.860. The molecule has 0 aromatic carbocycles. The number of hydrogen-bond donors (Lipinski definition) is 4. The van der Waals surface area contributed by atoms with Crippen LogP contribution in [0.4, 0.5) is 0 Å². The van der Waals surface area contributed by atoms with Gasteiger partial charge in [0.15, 0.2) is 0 Å². The van der Waals surface area contributed by atoms with Gasteiger partial charge in [-0.3, -0.25) is 0 Å². The molecular formula is C17H29ClO8. The summed E-state index contributed by atoms with van der Waals surface area (Å²) in [6.45, 7) is 7.17. The molecule has 0 aliphatic heterocycles. The molecule has 0 rings (SSSR count). The smallest absolute Gasteiger partial charge is 0.333 e. The molecule has 0 aliphatic carbocycles. The number of ether oxygens (including phenoxy) is 2. The summed E-state index contributed by atoms with van der Waals surface area (Å²) < 4.78 is 9.77. The summed E-state index contributed by atoms with van der Waals surface area (Å²) >= 11 is 5.21. The number of rotatable bonds is 10. The Morgan fingerprint density at radius 3 is 1.69 bits per heavy atom. The largest absolute Gasteiger partial charge is 0.462 e. The molecule has 0 bridgehead atoms. The number of halogens is 1. The van der Waals surface area contributed by atoms with Crippen LogP contribution >= 0.6 is 11.6 Å². The fraction of sp³-hybridized carbons (Fsp3) is 0.647. The predicted molar refractivity (Wildman–Crippen MR) is 96.3 cm³/mol. The second-order valence-electron chi connectivity index (χ2n) is 6.51. The molecular weight excluding hydrogens is 368 g/mol. The minimum Gasteiger partial charge on any atom is -0.462 e. The Morgan fingerprint density at radius 2 is 1.38 bits per heavy atom. The first-order valence-corrected chi connectivity index (χ1v) is 8.16. The summed E-state index contributed by atoms with van der Waals surface area (Å²) in [4.78, 5) is 22.3. The summed E-state index contributed by atoms with van der Waals surface area (Å²) in [5.74, 6) is -1.18. The van der Waals surface area contributed by atoms with E-state index in [2.05, 4.69) is 6.58 Å². The number of aliphatic hydroxyl groups excluding tert-OH is 4. The fourth-order valence-corrected chi connectivity index (χ4v) is 1.09. The zero-order chi connectivity index (χ0) is 20.8. The highest BCUT2D eigenvalue weighted by molar-refractivity contribution is 6.26. The average molecular weight is 397 g/mol. The van der Waals surface area contributed by atoms with Crippen molar-refractivity contribution in [1.82, 2.24) is 0 Å². The predicted octanol–water partition coefficient (Wildman–Crippen LogP) is 0.370. The van der Waals surface area contributed by atoms with Gasteiger partial charge in [-0.05, 0) is 6.92 Å². The van der Waals surface area contributed by atoms with Gasteiger partial charge in [0.25, 0.3) is 0 Å². The van der Waals surface area contributed by atoms with Gasteiger partial charge in [-0.25, -0.2) is 9.59 Å². The molecule has 0 aromatic rings. The van der Waals surface area contributed by atoms with Crippen molar-refractivity contribution in [3.05, 3.63) is 23.8 Å². The van der Waals surface area contributed by atoms with E-state index in [9.17, 15) is 14.7 Å². The SMILES string of the molecule is C=C(C)C(=O)OCC(C)(CO)COC(=O)C=CCl.CC(CO)(CO)CO. The molecule has 0 saturated carbocycles. The Balaban J connectivity index is 0. The van der Waals surface area contributed by atoms with Gasteiger partial charge < -0.3 is 29.9 Å². The molecule has 1 atom stereocenters. The first kappa shape index (κ1) is 26.8. The third-order valence-corrected chi connectivity index (χ3v) is 3.32. The van der Waals surface area contributed by atoms with Crippen LogP contribution in [0.5, 0.6) is 0 Å². The van der Waals surface area contributed by atoms with Crippen molar-refractivity contribution in [3.63, 3.8) is 0 Å². The van der Waals surface area contributed by atoms with E-state index in [-0.39, 0.29) is 45.2 Å². The van der Waals surface area contributed by atoms with E-state index in [0.29, 0.717) is 0 Å². The lowest BCUT2D eigenvalue weighted by Gasteiger charge is -2.25. The van der Waals surface area contributed by atoms with Gasteiger partial charge in [0.05, 0.1) is 31.8 Å². The van der Waals surface area contributed by atoms with Crippen LogP contribution in [0, 0.1) is 10.8 Å². The maximum absolute atomic E-state index is 11.2. The van der Waals surface area contributed by atoms with Crippen molar-refractivity contribution >= 4 is 23.5 Å².